The third kappa shape index (κ3) is 6.67. The second-order valence-electron chi connectivity index (χ2n) is 9.35. The molecule has 0 aliphatic carbocycles. The molecule has 1 aliphatic rings. The van der Waals surface area contributed by atoms with E-state index in [-0.39, 0.29) is 17.8 Å². The fourth-order valence-corrected chi connectivity index (χ4v) is 4.24. The Labute approximate surface area is 197 Å². The summed E-state index contributed by atoms with van der Waals surface area (Å²) in [5.74, 6) is 0.286. The van der Waals surface area contributed by atoms with Crippen LogP contribution in [0.3, 0.4) is 0 Å². The van der Waals surface area contributed by atoms with Crippen LogP contribution < -0.4 is 0 Å². The summed E-state index contributed by atoms with van der Waals surface area (Å²) in [4.78, 5) is 33.7. The molecule has 3 rings (SSSR count). The van der Waals surface area contributed by atoms with Crippen molar-refractivity contribution in [3.05, 3.63) is 53.2 Å². The minimum absolute atomic E-state index is 0.193. The van der Waals surface area contributed by atoms with Crippen molar-refractivity contribution in [3.8, 4) is 0 Å². The Hall–Kier alpha value is -2.67. The number of ether oxygens (including phenoxy) is 1. The molecule has 1 saturated heterocycles. The predicted octanol–water partition coefficient (Wildman–Crippen LogP) is 4.45. The Kier molecular flexibility index (Phi) is 8.67. The van der Waals surface area contributed by atoms with Crippen LogP contribution in [0.15, 0.2) is 34.9 Å². The van der Waals surface area contributed by atoms with Gasteiger partial charge in [0, 0.05) is 25.7 Å². The monoisotopic (exact) mass is 455 g/mol. The topological polar surface area (TPSA) is 75.9 Å². The van der Waals surface area contributed by atoms with Gasteiger partial charge in [-0.1, -0.05) is 43.7 Å². The highest BCUT2D eigenvalue weighted by molar-refractivity contribution is 5.92. The highest BCUT2D eigenvalue weighted by atomic mass is 16.5. The Morgan fingerprint density at radius 3 is 2.76 bits per heavy atom. The molecule has 0 N–H and O–H groups in total. The first-order valence-corrected chi connectivity index (χ1v) is 12.0. The molecule has 1 fully saturated rings. The molecule has 2 aromatic rings. The van der Waals surface area contributed by atoms with Crippen molar-refractivity contribution in [3.63, 3.8) is 0 Å². The van der Waals surface area contributed by atoms with Crippen molar-refractivity contribution in [1.82, 2.24) is 14.8 Å². The Morgan fingerprint density at radius 2 is 2.06 bits per heavy atom. The first kappa shape index (κ1) is 25.0. The maximum Gasteiger partial charge on any atom is 0.310 e. The van der Waals surface area contributed by atoms with E-state index >= 15 is 0 Å². The van der Waals surface area contributed by atoms with Crippen LogP contribution in [0.2, 0.25) is 0 Å². The van der Waals surface area contributed by atoms with E-state index in [1.165, 1.54) is 17.4 Å². The van der Waals surface area contributed by atoms with E-state index in [1.54, 1.807) is 11.8 Å². The standard InChI is InChI=1S/C26H37N3O4/c1-6-32-26(31)22-11-8-12-28(15-22)25(30)23-17-33-24(27-23)16-29(20(5)18(2)3)14-21-10-7-9-19(4)13-21/h7,9-10,13,17-18,20,22H,6,8,11-12,14-16H2,1-5H3. The first-order valence-electron chi connectivity index (χ1n) is 12.0. The lowest BCUT2D eigenvalue weighted by Gasteiger charge is -2.31. The summed E-state index contributed by atoms with van der Waals surface area (Å²) in [6, 6.07) is 8.81. The van der Waals surface area contributed by atoms with Crippen LogP contribution >= 0.6 is 0 Å². The van der Waals surface area contributed by atoms with Gasteiger partial charge in [0.05, 0.1) is 19.1 Å². The zero-order valence-corrected chi connectivity index (χ0v) is 20.5. The average Bonchev–Trinajstić information content (AvgIpc) is 3.26. The van der Waals surface area contributed by atoms with E-state index in [0.717, 1.165) is 19.4 Å². The zero-order valence-electron chi connectivity index (χ0n) is 20.5. The van der Waals surface area contributed by atoms with Gasteiger partial charge in [-0.05, 0) is 45.1 Å². The van der Waals surface area contributed by atoms with E-state index in [1.807, 2.05) is 0 Å². The third-order valence-corrected chi connectivity index (χ3v) is 6.45. The number of rotatable bonds is 9. The average molecular weight is 456 g/mol. The molecule has 2 unspecified atom stereocenters. The number of oxazole rings is 1. The van der Waals surface area contributed by atoms with Gasteiger partial charge in [-0.25, -0.2) is 4.98 Å². The number of nitrogens with zero attached hydrogens (tertiary/aromatic N) is 3. The molecule has 1 aromatic heterocycles. The van der Waals surface area contributed by atoms with E-state index in [2.05, 4.69) is 61.8 Å². The van der Waals surface area contributed by atoms with Crippen LogP contribution in [0.25, 0.3) is 0 Å². The Bertz CT molecular complexity index is 939. The lowest BCUT2D eigenvalue weighted by atomic mass is 9.98. The van der Waals surface area contributed by atoms with Crippen LogP contribution in [0.1, 0.15) is 68.0 Å². The van der Waals surface area contributed by atoms with Gasteiger partial charge in [-0.15, -0.1) is 0 Å². The maximum absolute atomic E-state index is 13.0. The van der Waals surface area contributed by atoms with Crippen molar-refractivity contribution >= 4 is 11.9 Å². The molecule has 7 heteroatoms. The molecule has 7 nitrogen and oxygen atoms in total. The minimum Gasteiger partial charge on any atom is -0.466 e. The number of amides is 1. The highest BCUT2D eigenvalue weighted by Crippen LogP contribution is 2.22. The van der Waals surface area contributed by atoms with Crippen LogP contribution in [0.4, 0.5) is 0 Å². The molecule has 1 aliphatic heterocycles. The summed E-state index contributed by atoms with van der Waals surface area (Å²) in [6.07, 6.45) is 2.96. The first-order chi connectivity index (χ1) is 15.8. The van der Waals surface area contributed by atoms with Gasteiger partial charge in [0.15, 0.2) is 5.69 Å². The lowest BCUT2D eigenvalue weighted by Crippen LogP contribution is -2.43. The molecule has 33 heavy (non-hydrogen) atoms. The molecule has 0 spiro atoms. The molecule has 1 aromatic carbocycles. The number of carbonyl (C=O) groups excluding carboxylic acids is 2. The second-order valence-corrected chi connectivity index (χ2v) is 9.35. The summed E-state index contributed by atoms with van der Waals surface area (Å²) in [5, 5.41) is 0. The van der Waals surface area contributed by atoms with Crippen molar-refractivity contribution in [1.29, 1.82) is 0 Å². The summed E-state index contributed by atoms with van der Waals surface area (Å²) >= 11 is 0. The van der Waals surface area contributed by atoms with E-state index in [0.29, 0.717) is 49.8 Å². The van der Waals surface area contributed by atoms with E-state index in [4.69, 9.17) is 9.15 Å². The maximum atomic E-state index is 13.0. The molecule has 0 radical (unpaired) electrons. The molecule has 1 amide bonds. The van der Waals surface area contributed by atoms with Crippen molar-refractivity contribution < 1.29 is 18.7 Å². The van der Waals surface area contributed by atoms with Crippen molar-refractivity contribution in [2.24, 2.45) is 11.8 Å². The van der Waals surface area contributed by atoms with Gasteiger partial charge < -0.3 is 14.1 Å². The summed E-state index contributed by atoms with van der Waals surface area (Å²) in [7, 11) is 0. The van der Waals surface area contributed by atoms with Gasteiger partial charge in [-0.2, -0.15) is 0 Å². The van der Waals surface area contributed by atoms with Crippen LogP contribution in [0.5, 0.6) is 0 Å². The normalized spacial score (nSPS) is 17.4. The van der Waals surface area contributed by atoms with Gasteiger partial charge in [-0.3, -0.25) is 14.5 Å². The summed E-state index contributed by atoms with van der Waals surface area (Å²) in [5.41, 5.74) is 2.77. The number of hydrogen-bond acceptors (Lipinski definition) is 6. The molecule has 180 valence electrons. The number of aryl methyl sites for hydroxylation is 1. The molecule has 0 bridgehead atoms. The SMILES string of the molecule is CCOC(=O)C1CCCN(C(=O)c2coc(CN(Cc3cccc(C)c3)C(C)C(C)C)n2)C1. The number of likely N-dealkylation sites (tertiary alicyclic amines) is 1. The number of piperidine rings is 1. The van der Waals surface area contributed by atoms with Gasteiger partial charge >= 0.3 is 5.97 Å². The number of esters is 1. The fraction of sp³-hybridized carbons (Fsp3) is 0.577. The van der Waals surface area contributed by atoms with Crippen LogP contribution in [-0.2, 0) is 22.6 Å². The van der Waals surface area contributed by atoms with Gasteiger partial charge in [0.1, 0.15) is 6.26 Å². The number of benzene rings is 1. The summed E-state index contributed by atoms with van der Waals surface area (Å²) in [6.45, 7) is 13.1. The highest BCUT2D eigenvalue weighted by Gasteiger charge is 2.31. The van der Waals surface area contributed by atoms with Gasteiger partial charge in [0.2, 0.25) is 5.89 Å². The van der Waals surface area contributed by atoms with Gasteiger partial charge in [0.25, 0.3) is 5.91 Å². The largest absolute Gasteiger partial charge is 0.466 e. The summed E-state index contributed by atoms with van der Waals surface area (Å²) < 4.78 is 10.9. The van der Waals surface area contributed by atoms with Crippen LogP contribution in [0, 0.1) is 18.8 Å². The van der Waals surface area contributed by atoms with Crippen molar-refractivity contribution in [2.45, 2.75) is 66.6 Å². The lowest BCUT2D eigenvalue weighted by molar-refractivity contribution is -0.149. The van der Waals surface area contributed by atoms with Crippen LogP contribution in [-0.4, -0.2) is 52.4 Å². The van der Waals surface area contributed by atoms with E-state index < -0.39 is 0 Å². The molecule has 2 atom stereocenters. The second kappa shape index (κ2) is 11.5. The Balaban J connectivity index is 1.69. The molecular weight excluding hydrogens is 418 g/mol. The van der Waals surface area contributed by atoms with Crippen molar-refractivity contribution in [2.75, 3.05) is 19.7 Å². The quantitative estimate of drug-likeness (QED) is 0.520. The molecular formula is C26H37N3O4. The number of hydrogen-bond donors (Lipinski definition) is 0. The molecule has 0 saturated carbocycles. The zero-order chi connectivity index (χ0) is 24.0. The molecule has 2 heterocycles. The third-order valence-electron chi connectivity index (χ3n) is 6.45. The fourth-order valence-electron chi connectivity index (χ4n) is 4.24. The predicted molar refractivity (Wildman–Crippen MR) is 126 cm³/mol. The number of aromatic nitrogens is 1. The van der Waals surface area contributed by atoms with E-state index in [9.17, 15) is 9.59 Å². The number of carbonyl (C=O) groups is 2. The minimum atomic E-state index is -0.272. The smallest absolute Gasteiger partial charge is 0.310 e. The Morgan fingerprint density at radius 1 is 1.27 bits per heavy atom.